The first-order valence-electron chi connectivity index (χ1n) is 15.8. The predicted molar refractivity (Wildman–Crippen MR) is 156 cm³/mol. The molecule has 4 aliphatic carbocycles. The number of carbonyl (C=O) groups is 4. The Bertz CT molecular complexity index is 943. The van der Waals surface area contributed by atoms with Gasteiger partial charge in [0.1, 0.15) is 0 Å². The normalized spacial score (nSPS) is 40.4. The SMILES string of the molecule is CCSC1CC(=O)N(C2CC(C3CC4CC3C3(CCCCCCC3)C4)CC2N2C(=O)CC(SCC)C2=O)C1=O. The Morgan fingerprint density at radius 1 is 0.718 bits per heavy atom. The van der Waals surface area contributed by atoms with Gasteiger partial charge in [-0.1, -0.05) is 46.0 Å². The van der Waals surface area contributed by atoms with Crippen molar-refractivity contribution < 1.29 is 19.2 Å². The summed E-state index contributed by atoms with van der Waals surface area (Å²) in [4.78, 5) is 56.8. The molecule has 2 bridgehead atoms. The molecule has 216 valence electrons. The van der Waals surface area contributed by atoms with E-state index in [1.165, 1.54) is 74.0 Å². The lowest BCUT2D eigenvalue weighted by molar-refractivity contribution is -0.149. The van der Waals surface area contributed by atoms with Gasteiger partial charge in [-0.25, -0.2) is 0 Å². The van der Waals surface area contributed by atoms with Gasteiger partial charge in [0.05, 0.1) is 22.6 Å². The van der Waals surface area contributed by atoms with Gasteiger partial charge in [0.2, 0.25) is 23.6 Å². The Balaban J connectivity index is 1.28. The van der Waals surface area contributed by atoms with Crippen LogP contribution in [-0.2, 0) is 19.2 Å². The van der Waals surface area contributed by atoms with Crippen molar-refractivity contribution in [3.63, 3.8) is 0 Å². The molecule has 6 rings (SSSR count). The number of carbonyl (C=O) groups excluding carboxylic acids is 4. The summed E-state index contributed by atoms with van der Waals surface area (Å²) in [6, 6.07) is -0.716. The quantitative estimate of drug-likeness (QED) is 0.365. The van der Waals surface area contributed by atoms with Crippen LogP contribution in [0.15, 0.2) is 0 Å². The number of imide groups is 2. The van der Waals surface area contributed by atoms with Crippen LogP contribution in [0.1, 0.15) is 104 Å². The summed E-state index contributed by atoms with van der Waals surface area (Å²) < 4.78 is 0. The number of likely N-dealkylation sites (tertiary alicyclic amines) is 2. The second-order valence-electron chi connectivity index (χ2n) is 13.3. The summed E-state index contributed by atoms with van der Waals surface area (Å²) in [5, 5.41) is -0.646. The molecule has 0 aromatic rings. The van der Waals surface area contributed by atoms with Crippen molar-refractivity contribution in [3.8, 4) is 0 Å². The highest BCUT2D eigenvalue weighted by molar-refractivity contribution is 8.00. The predicted octanol–water partition coefficient (Wildman–Crippen LogP) is 5.67. The van der Waals surface area contributed by atoms with Crippen LogP contribution >= 0.6 is 23.5 Å². The maximum atomic E-state index is 13.5. The largest absolute Gasteiger partial charge is 0.276 e. The molecule has 0 N–H and O–H groups in total. The fourth-order valence-corrected chi connectivity index (χ4v) is 11.9. The second kappa shape index (κ2) is 11.3. The number of fused-ring (bicyclic) bond motifs is 3. The van der Waals surface area contributed by atoms with E-state index in [4.69, 9.17) is 0 Å². The van der Waals surface area contributed by atoms with E-state index in [0.29, 0.717) is 17.3 Å². The average molecular weight is 575 g/mol. The number of amides is 4. The van der Waals surface area contributed by atoms with Crippen LogP contribution in [0, 0.1) is 29.1 Å². The molecule has 0 radical (unpaired) electrons. The lowest BCUT2D eigenvalue weighted by Crippen LogP contribution is -2.53. The van der Waals surface area contributed by atoms with Crippen LogP contribution in [0.25, 0.3) is 0 Å². The third-order valence-corrected chi connectivity index (χ3v) is 13.6. The molecule has 6 fully saturated rings. The van der Waals surface area contributed by atoms with E-state index in [9.17, 15) is 19.2 Å². The molecule has 2 heterocycles. The van der Waals surface area contributed by atoms with Crippen molar-refractivity contribution in [1.29, 1.82) is 0 Å². The fraction of sp³-hybridized carbons (Fsp3) is 0.871. The number of rotatable bonds is 7. The Labute approximate surface area is 242 Å². The van der Waals surface area contributed by atoms with E-state index in [2.05, 4.69) is 0 Å². The summed E-state index contributed by atoms with van der Waals surface area (Å²) in [5.74, 6) is 3.68. The molecular weight excluding hydrogens is 528 g/mol. The molecule has 39 heavy (non-hydrogen) atoms. The van der Waals surface area contributed by atoms with Crippen molar-refractivity contribution in [1.82, 2.24) is 9.80 Å². The van der Waals surface area contributed by atoms with E-state index in [1.54, 1.807) is 23.5 Å². The van der Waals surface area contributed by atoms with Gasteiger partial charge in [-0.05, 0) is 85.5 Å². The smallest absolute Gasteiger partial charge is 0.243 e. The minimum absolute atomic E-state index is 0.0921. The third-order valence-electron chi connectivity index (χ3n) is 11.4. The van der Waals surface area contributed by atoms with Gasteiger partial charge < -0.3 is 0 Å². The second-order valence-corrected chi connectivity index (χ2v) is 16.3. The highest BCUT2D eigenvalue weighted by atomic mass is 32.2. The van der Waals surface area contributed by atoms with Gasteiger partial charge in [-0.3, -0.25) is 29.0 Å². The van der Waals surface area contributed by atoms with Crippen molar-refractivity contribution >= 4 is 47.2 Å². The summed E-state index contributed by atoms with van der Waals surface area (Å²) >= 11 is 3.09. The fourth-order valence-electron chi connectivity index (χ4n) is 10.0. The zero-order valence-electron chi connectivity index (χ0n) is 23.8. The molecule has 4 saturated carbocycles. The number of hydrogen-bond acceptors (Lipinski definition) is 6. The van der Waals surface area contributed by atoms with Crippen molar-refractivity contribution in [3.05, 3.63) is 0 Å². The van der Waals surface area contributed by atoms with Crippen LogP contribution in [0.5, 0.6) is 0 Å². The van der Waals surface area contributed by atoms with Gasteiger partial charge in [-0.15, -0.1) is 23.5 Å². The molecule has 8 heteroatoms. The Hall–Kier alpha value is -1.02. The maximum Gasteiger partial charge on any atom is 0.243 e. The number of hydrogen-bond donors (Lipinski definition) is 0. The lowest BCUT2D eigenvalue weighted by Gasteiger charge is -2.45. The lowest BCUT2D eigenvalue weighted by atomic mass is 9.60. The molecule has 2 saturated heterocycles. The summed E-state index contributed by atoms with van der Waals surface area (Å²) in [6.07, 6.45) is 15.5. The molecule has 7 unspecified atom stereocenters. The van der Waals surface area contributed by atoms with Gasteiger partial charge in [-0.2, -0.15) is 0 Å². The molecule has 4 amide bonds. The van der Waals surface area contributed by atoms with E-state index in [-0.39, 0.29) is 59.1 Å². The van der Waals surface area contributed by atoms with Crippen LogP contribution in [0.4, 0.5) is 0 Å². The van der Waals surface area contributed by atoms with Crippen LogP contribution in [0.2, 0.25) is 0 Å². The summed E-state index contributed by atoms with van der Waals surface area (Å²) in [6.45, 7) is 4.04. The molecule has 7 atom stereocenters. The molecular formula is C31H46N2O4S2. The zero-order chi connectivity index (χ0) is 27.3. The topological polar surface area (TPSA) is 74.8 Å². The van der Waals surface area contributed by atoms with Crippen LogP contribution in [0.3, 0.4) is 0 Å². The Kier molecular flexibility index (Phi) is 8.17. The van der Waals surface area contributed by atoms with Crippen LogP contribution in [-0.4, -0.2) is 67.5 Å². The van der Waals surface area contributed by atoms with E-state index in [1.807, 2.05) is 13.8 Å². The Morgan fingerprint density at radius 3 is 1.72 bits per heavy atom. The summed E-state index contributed by atoms with van der Waals surface area (Å²) in [7, 11) is 0. The third kappa shape index (κ3) is 4.91. The average Bonchev–Trinajstić information content (AvgIpc) is 3.68. The zero-order valence-corrected chi connectivity index (χ0v) is 25.4. The number of thioether (sulfide) groups is 2. The molecule has 1 spiro atoms. The first-order chi connectivity index (χ1) is 18.9. The number of nitrogens with zero attached hydrogens (tertiary/aromatic N) is 2. The monoisotopic (exact) mass is 574 g/mol. The van der Waals surface area contributed by atoms with Crippen molar-refractivity contribution in [2.75, 3.05) is 11.5 Å². The van der Waals surface area contributed by atoms with Crippen molar-refractivity contribution in [2.45, 2.75) is 126 Å². The minimum Gasteiger partial charge on any atom is -0.276 e. The van der Waals surface area contributed by atoms with E-state index >= 15 is 0 Å². The van der Waals surface area contributed by atoms with E-state index < -0.39 is 0 Å². The first kappa shape index (κ1) is 28.1. The molecule has 0 aromatic heterocycles. The standard InChI is InChI=1S/C31H46N2O4S2/c1-3-38-25-16-27(34)32(29(25)36)23-14-20(15-24(23)33-28(35)17-26(30(33)37)39-4-2)21-12-19-13-22(21)31(18-19)10-8-6-5-7-9-11-31/h19-26H,3-18H2,1-2H3. The highest BCUT2D eigenvalue weighted by Gasteiger charge is 2.60. The van der Waals surface area contributed by atoms with Gasteiger partial charge in [0.15, 0.2) is 0 Å². The Morgan fingerprint density at radius 2 is 1.23 bits per heavy atom. The highest BCUT2D eigenvalue weighted by Crippen LogP contribution is 2.66. The van der Waals surface area contributed by atoms with Crippen LogP contribution < -0.4 is 0 Å². The maximum absolute atomic E-state index is 13.5. The minimum atomic E-state index is -0.358. The molecule has 2 aliphatic heterocycles. The van der Waals surface area contributed by atoms with Gasteiger partial charge in [0, 0.05) is 12.8 Å². The molecule has 6 nitrogen and oxygen atoms in total. The molecule has 6 aliphatic rings. The van der Waals surface area contributed by atoms with E-state index in [0.717, 1.165) is 36.2 Å². The van der Waals surface area contributed by atoms with Gasteiger partial charge in [0.25, 0.3) is 0 Å². The van der Waals surface area contributed by atoms with Crippen molar-refractivity contribution in [2.24, 2.45) is 29.1 Å². The first-order valence-corrected chi connectivity index (χ1v) is 17.9. The molecule has 0 aromatic carbocycles. The van der Waals surface area contributed by atoms with Gasteiger partial charge >= 0.3 is 0 Å². The summed E-state index contributed by atoms with van der Waals surface area (Å²) in [5.41, 5.74) is 0.478.